The Morgan fingerprint density at radius 3 is 2.58 bits per heavy atom. The Morgan fingerprint density at radius 1 is 1.17 bits per heavy atom. The fourth-order valence-corrected chi connectivity index (χ4v) is 3.46. The number of amides is 1. The molecule has 13 heteroatoms. The van der Waals surface area contributed by atoms with Crippen LogP contribution in [0, 0.1) is 0 Å². The predicted molar refractivity (Wildman–Crippen MR) is 124 cm³/mol. The van der Waals surface area contributed by atoms with E-state index in [9.17, 15) is 18.0 Å². The average Bonchev–Trinajstić information content (AvgIpc) is 3.30. The van der Waals surface area contributed by atoms with Crippen molar-refractivity contribution in [2.75, 3.05) is 19.0 Å². The monoisotopic (exact) mass is 501 g/mol. The van der Waals surface area contributed by atoms with Crippen LogP contribution in [0.3, 0.4) is 0 Å². The van der Waals surface area contributed by atoms with E-state index in [0.29, 0.717) is 16.9 Å². The van der Waals surface area contributed by atoms with Gasteiger partial charge in [-0.2, -0.15) is 13.2 Å². The number of pyridine rings is 1. The van der Waals surface area contributed by atoms with Crippen LogP contribution >= 0.6 is 0 Å². The highest BCUT2D eigenvalue weighted by Crippen LogP contribution is 2.36. The number of hydrogen-bond donors (Lipinski definition) is 3. The van der Waals surface area contributed by atoms with Crippen molar-refractivity contribution >= 4 is 22.8 Å². The number of benzene rings is 1. The maximum absolute atomic E-state index is 13.2. The predicted octanol–water partition coefficient (Wildman–Crippen LogP) is 3.40. The summed E-state index contributed by atoms with van der Waals surface area (Å²) in [7, 11) is 1.33. The molecule has 4 aromatic rings. The molecular weight excluding hydrogens is 479 g/mol. The fourth-order valence-electron chi connectivity index (χ4n) is 3.46. The number of nitrogens with one attached hydrogen (secondary N) is 2. The highest BCUT2D eigenvalue weighted by molar-refractivity contribution is 5.98. The number of halogens is 3. The summed E-state index contributed by atoms with van der Waals surface area (Å²) in [4.78, 5) is 29.0. The minimum absolute atomic E-state index is 0.0127. The number of anilines is 1. The summed E-state index contributed by atoms with van der Waals surface area (Å²) >= 11 is 0. The molecule has 10 nitrogen and oxygen atoms in total. The van der Waals surface area contributed by atoms with E-state index in [2.05, 4.69) is 30.6 Å². The molecule has 36 heavy (non-hydrogen) atoms. The summed E-state index contributed by atoms with van der Waals surface area (Å²) in [6, 6.07) is 6.62. The number of oxazole rings is 1. The summed E-state index contributed by atoms with van der Waals surface area (Å²) in [5.41, 5.74) is 4.98. The van der Waals surface area contributed by atoms with Crippen molar-refractivity contribution in [3.8, 4) is 17.2 Å². The third kappa shape index (κ3) is 5.20. The number of carbonyl (C=O) groups excluding carboxylic acids is 1. The molecule has 0 fully saturated rings. The first-order valence-corrected chi connectivity index (χ1v) is 10.8. The van der Waals surface area contributed by atoms with Gasteiger partial charge in [-0.05, 0) is 37.3 Å². The number of methoxy groups -OCH3 is 1. The van der Waals surface area contributed by atoms with Crippen molar-refractivity contribution in [2.45, 2.75) is 25.7 Å². The Morgan fingerprint density at radius 2 is 1.92 bits per heavy atom. The number of fused-ring (bicyclic) bond motifs is 1. The van der Waals surface area contributed by atoms with Crippen LogP contribution < -0.4 is 21.1 Å². The first kappa shape index (κ1) is 24.9. The van der Waals surface area contributed by atoms with Crippen LogP contribution in [0.1, 0.15) is 28.9 Å². The van der Waals surface area contributed by atoms with Gasteiger partial charge < -0.3 is 25.5 Å². The molecule has 1 amide bonds. The van der Waals surface area contributed by atoms with E-state index in [1.165, 1.54) is 19.2 Å². The summed E-state index contributed by atoms with van der Waals surface area (Å²) < 4.78 is 50.6. The molecule has 0 aliphatic heterocycles. The van der Waals surface area contributed by atoms with E-state index in [4.69, 9.17) is 14.9 Å². The molecule has 4 rings (SSSR count). The van der Waals surface area contributed by atoms with Crippen molar-refractivity contribution in [3.05, 3.63) is 59.9 Å². The van der Waals surface area contributed by atoms with Crippen molar-refractivity contribution in [1.29, 1.82) is 0 Å². The summed E-state index contributed by atoms with van der Waals surface area (Å²) in [6.45, 7) is 1.94. The van der Waals surface area contributed by atoms with Crippen LogP contribution in [0.4, 0.5) is 19.1 Å². The minimum Gasteiger partial charge on any atom is -0.494 e. The number of nitrogens with zero attached hydrogens (tertiary/aromatic N) is 4. The molecule has 0 spiro atoms. The Bertz CT molecular complexity index is 1380. The quantitative estimate of drug-likeness (QED) is 0.331. The van der Waals surface area contributed by atoms with Gasteiger partial charge in [-0.15, -0.1) is 0 Å². The molecule has 4 N–H and O–H groups in total. The summed E-state index contributed by atoms with van der Waals surface area (Å²) in [5.74, 6) is 0.173. The Balaban J connectivity index is 1.61. The van der Waals surface area contributed by atoms with Crippen LogP contribution in [0.5, 0.6) is 5.75 Å². The topological polar surface area (TPSA) is 141 Å². The molecule has 0 bridgehead atoms. The third-order valence-electron chi connectivity index (χ3n) is 5.17. The lowest BCUT2D eigenvalue weighted by atomic mass is 10.1. The molecule has 1 atom stereocenters. The Labute approximate surface area is 203 Å². The fraction of sp³-hybridized carbons (Fsp3) is 0.261. The number of alkyl halides is 3. The molecular formula is C23H22F3N7O3. The van der Waals surface area contributed by atoms with Crippen molar-refractivity contribution in [1.82, 2.24) is 25.3 Å². The molecule has 0 saturated carbocycles. The highest BCUT2D eigenvalue weighted by atomic mass is 19.4. The van der Waals surface area contributed by atoms with E-state index in [1.807, 2.05) is 6.92 Å². The molecule has 0 aliphatic rings. The van der Waals surface area contributed by atoms with Crippen molar-refractivity contribution in [3.63, 3.8) is 0 Å². The van der Waals surface area contributed by atoms with E-state index in [1.54, 1.807) is 24.5 Å². The molecule has 3 aromatic heterocycles. The zero-order valence-electron chi connectivity index (χ0n) is 19.3. The molecule has 188 valence electrons. The van der Waals surface area contributed by atoms with Gasteiger partial charge in [-0.25, -0.2) is 19.9 Å². The van der Waals surface area contributed by atoms with E-state index in [-0.39, 0.29) is 47.7 Å². The number of nitrogens with two attached hydrogens (primary N) is 1. The number of ether oxygens (including phenoxy) is 1. The van der Waals surface area contributed by atoms with Crippen LogP contribution in [0.2, 0.25) is 0 Å². The van der Waals surface area contributed by atoms with Gasteiger partial charge in [0.25, 0.3) is 5.91 Å². The normalized spacial score (nSPS) is 12.4. The molecule has 0 saturated heterocycles. The smallest absolute Gasteiger partial charge is 0.433 e. The minimum atomic E-state index is -4.63. The van der Waals surface area contributed by atoms with Gasteiger partial charge in [-0.1, -0.05) is 0 Å². The molecule has 1 aromatic carbocycles. The highest BCUT2D eigenvalue weighted by Gasteiger charge is 2.33. The SMILES string of the molecule is COc1ccc(-c2nc(C(=O)NC[C@@H](C)Nc3ncccn3)c(CN)o2)c2ccc(C(F)(F)F)nc12. The van der Waals surface area contributed by atoms with E-state index < -0.39 is 17.8 Å². The van der Waals surface area contributed by atoms with Gasteiger partial charge in [-0.3, -0.25) is 4.79 Å². The van der Waals surface area contributed by atoms with Gasteiger partial charge >= 0.3 is 6.18 Å². The van der Waals surface area contributed by atoms with Crippen LogP contribution in [-0.4, -0.2) is 45.5 Å². The molecule has 3 heterocycles. The lowest BCUT2D eigenvalue weighted by Crippen LogP contribution is -2.35. The van der Waals surface area contributed by atoms with E-state index in [0.717, 1.165) is 6.07 Å². The standard InChI is InChI=1S/C23H22F3N7O3/c1-12(31-22-28-8-3-9-29-22)11-30-20(34)19-16(10-27)36-21(33-19)14-4-6-15(35-2)18-13(14)5-7-17(32-18)23(24,25)26/h3-9,12H,10-11,27H2,1-2H3,(H,30,34)(H,28,29,31)/t12-/m1/s1. The van der Waals surface area contributed by atoms with Gasteiger partial charge in [0, 0.05) is 35.9 Å². The van der Waals surface area contributed by atoms with E-state index >= 15 is 0 Å². The zero-order chi connectivity index (χ0) is 25.9. The van der Waals surface area contributed by atoms with Crippen molar-refractivity contribution < 1.29 is 27.1 Å². The summed E-state index contributed by atoms with van der Waals surface area (Å²) in [6.07, 6.45) is -1.45. The number of aromatic nitrogens is 4. The van der Waals surface area contributed by atoms with Crippen LogP contribution in [0.15, 0.2) is 47.1 Å². The zero-order valence-corrected chi connectivity index (χ0v) is 19.3. The maximum Gasteiger partial charge on any atom is 0.433 e. The summed E-state index contributed by atoms with van der Waals surface area (Å²) in [5, 5.41) is 6.10. The second kappa shape index (κ2) is 10.2. The average molecular weight is 501 g/mol. The number of rotatable bonds is 8. The van der Waals surface area contributed by atoms with Crippen molar-refractivity contribution in [2.24, 2.45) is 5.73 Å². The van der Waals surface area contributed by atoms with Gasteiger partial charge in [0.15, 0.2) is 11.5 Å². The second-order valence-electron chi connectivity index (χ2n) is 7.73. The molecule has 0 radical (unpaired) electrons. The second-order valence-corrected chi connectivity index (χ2v) is 7.73. The lowest BCUT2D eigenvalue weighted by molar-refractivity contribution is -0.140. The lowest BCUT2D eigenvalue weighted by Gasteiger charge is -2.14. The first-order chi connectivity index (χ1) is 17.2. The number of hydrogen-bond acceptors (Lipinski definition) is 9. The first-order valence-electron chi connectivity index (χ1n) is 10.8. The Hall–Kier alpha value is -4.26. The van der Waals surface area contributed by atoms with Crippen LogP contribution in [0.25, 0.3) is 22.4 Å². The van der Waals surface area contributed by atoms with Gasteiger partial charge in [0.05, 0.1) is 13.7 Å². The van der Waals surface area contributed by atoms with Crippen LogP contribution in [-0.2, 0) is 12.7 Å². The molecule has 0 unspecified atom stereocenters. The largest absolute Gasteiger partial charge is 0.494 e. The van der Waals surface area contributed by atoms with Gasteiger partial charge in [0.1, 0.15) is 17.0 Å². The maximum atomic E-state index is 13.2. The third-order valence-corrected chi connectivity index (χ3v) is 5.17. The van der Waals surface area contributed by atoms with Gasteiger partial charge in [0.2, 0.25) is 11.8 Å². The molecule has 0 aliphatic carbocycles. The number of carbonyl (C=O) groups is 1. The Kier molecular flexibility index (Phi) is 7.01.